The number of aromatic nitrogens is 1. The zero-order valence-electron chi connectivity index (χ0n) is 34.9. The Morgan fingerprint density at radius 2 is 1.87 bits per heavy atom. The van der Waals surface area contributed by atoms with Gasteiger partial charge < -0.3 is 45.5 Å². The van der Waals surface area contributed by atoms with E-state index in [0.29, 0.717) is 54.5 Å². The molecule has 0 radical (unpaired) electrons. The van der Waals surface area contributed by atoms with Gasteiger partial charge in [-0.3, -0.25) is 4.79 Å². The molecule has 4 bridgehead atoms. The van der Waals surface area contributed by atoms with Crippen molar-refractivity contribution in [2.45, 2.75) is 107 Å². The van der Waals surface area contributed by atoms with Crippen LogP contribution in [0.4, 0.5) is 5.82 Å². The van der Waals surface area contributed by atoms with Gasteiger partial charge in [-0.05, 0) is 110 Å². The number of hydrogen-bond acceptors (Lipinski definition) is 11. The molecule has 314 valence electrons. The molecule has 0 unspecified atom stereocenters. The first-order chi connectivity index (χ1) is 29.1. The summed E-state index contributed by atoms with van der Waals surface area (Å²) < 4.78 is 25.8. The molecule has 0 amide bonds. The molecule has 6 N–H and O–H groups in total. The van der Waals surface area contributed by atoms with E-state index < -0.39 is 6.10 Å². The molecular weight excluding hydrogens is 757 g/mol. The number of fused-ring (bicyclic) bond motifs is 7. The minimum atomic E-state index is -0.600. The van der Waals surface area contributed by atoms with E-state index in [-0.39, 0.29) is 47.9 Å². The van der Waals surface area contributed by atoms with E-state index in [0.717, 1.165) is 88.8 Å². The van der Waals surface area contributed by atoms with Crippen molar-refractivity contribution in [1.29, 1.82) is 0 Å². The van der Waals surface area contributed by atoms with Crippen LogP contribution in [0.2, 0.25) is 0 Å². The topological polar surface area (TPSA) is 157 Å². The molecule has 4 aromatic rings. The highest BCUT2D eigenvalue weighted by Crippen LogP contribution is 2.62. The standard InChI is InChI=1S/C49H56N4O7/c1-28(54)58-27-39-36-13-14-37-45-32(19-34(55)21-43(45)57-3)24-49-17-16-29(23-49)18-31-12-15-44(50)53-40(31)11-7-8-30-20-41(56)42(22-38(30)47(39)60-48(36)46(37)49)59-35(25-51-2)26-52-33-9-5-4-6-10-33/h12-15,19-22,29,33,35,39,47,51-52,55-56H,4-6,8-10,16-18,23-27H2,1-3H3,(H2,50,53)/t29-,35+,39+,47+,49+/m0/s1. The van der Waals surface area contributed by atoms with Crippen molar-refractivity contribution >= 4 is 11.8 Å². The summed E-state index contributed by atoms with van der Waals surface area (Å²) in [7, 11) is 3.54. The van der Waals surface area contributed by atoms with Crippen molar-refractivity contribution in [3.05, 3.63) is 87.6 Å². The molecule has 2 saturated carbocycles. The predicted molar refractivity (Wildman–Crippen MR) is 230 cm³/mol. The molecular formula is C49H56N4O7. The van der Waals surface area contributed by atoms with Gasteiger partial charge in [-0.2, -0.15) is 0 Å². The highest BCUT2D eigenvalue weighted by molar-refractivity contribution is 5.84. The van der Waals surface area contributed by atoms with Gasteiger partial charge in [0, 0.05) is 66.2 Å². The molecule has 2 fully saturated rings. The molecule has 2 aliphatic heterocycles. The van der Waals surface area contributed by atoms with E-state index >= 15 is 0 Å². The van der Waals surface area contributed by atoms with Gasteiger partial charge in [0.1, 0.15) is 47.6 Å². The maximum absolute atomic E-state index is 12.5. The first-order valence-electron chi connectivity index (χ1n) is 21.7. The first-order valence-corrected chi connectivity index (χ1v) is 21.7. The van der Waals surface area contributed by atoms with Gasteiger partial charge in [-0.25, -0.2) is 4.98 Å². The van der Waals surface area contributed by atoms with Gasteiger partial charge >= 0.3 is 5.97 Å². The van der Waals surface area contributed by atoms with Crippen LogP contribution in [0.15, 0.2) is 48.5 Å². The minimum absolute atomic E-state index is 0.0163. The lowest BCUT2D eigenvalue weighted by atomic mass is 9.65. The molecule has 1 aromatic heterocycles. The van der Waals surface area contributed by atoms with Gasteiger partial charge in [0.15, 0.2) is 11.5 Å². The zero-order chi connectivity index (χ0) is 41.5. The molecule has 5 atom stereocenters. The van der Waals surface area contributed by atoms with Crippen LogP contribution in [0.1, 0.15) is 109 Å². The van der Waals surface area contributed by atoms with Gasteiger partial charge in [0.25, 0.3) is 0 Å². The number of nitrogens with two attached hydrogens (primary N) is 1. The Kier molecular flexibility index (Phi) is 11.0. The first kappa shape index (κ1) is 40.0. The van der Waals surface area contributed by atoms with E-state index in [1.807, 2.05) is 25.2 Å². The maximum Gasteiger partial charge on any atom is 0.302 e. The summed E-state index contributed by atoms with van der Waals surface area (Å²) in [4.78, 5) is 17.2. The third kappa shape index (κ3) is 7.60. The van der Waals surface area contributed by atoms with Crippen molar-refractivity contribution < 1.29 is 34.0 Å². The number of carbonyl (C=O) groups excluding carboxylic acids is 1. The van der Waals surface area contributed by atoms with Crippen LogP contribution in [0.5, 0.6) is 28.7 Å². The molecule has 3 aromatic carbocycles. The number of nitrogens with one attached hydrogen (secondary N) is 2. The lowest BCUT2D eigenvalue weighted by Gasteiger charge is -2.39. The number of pyridine rings is 1. The second kappa shape index (κ2) is 16.5. The van der Waals surface area contributed by atoms with Gasteiger partial charge in [-0.1, -0.05) is 43.4 Å². The van der Waals surface area contributed by atoms with Crippen molar-refractivity contribution in [2.24, 2.45) is 5.92 Å². The normalized spacial score (nSPS) is 23.0. The fourth-order valence-corrected chi connectivity index (χ4v) is 10.9. The van der Waals surface area contributed by atoms with E-state index in [1.165, 1.54) is 26.2 Å². The van der Waals surface area contributed by atoms with Crippen LogP contribution in [-0.4, -0.2) is 67.2 Å². The number of nitrogens with zero attached hydrogens (tertiary/aromatic N) is 1. The maximum atomic E-state index is 12.5. The highest BCUT2D eigenvalue weighted by Gasteiger charge is 2.51. The van der Waals surface area contributed by atoms with E-state index in [2.05, 4.69) is 40.7 Å². The van der Waals surface area contributed by atoms with Crippen molar-refractivity contribution in [3.63, 3.8) is 0 Å². The third-order valence-electron chi connectivity index (χ3n) is 13.6. The molecule has 11 heteroatoms. The Morgan fingerprint density at radius 3 is 2.67 bits per heavy atom. The molecule has 1 spiro atoms. The molecule has 0 saturated heterocycles. The lowest BCUT2D eigenvalue weighted by molar-refractivity contribution is -0.141. The summed E-state index contributed by atoms with van der Waals surface area (Å²) in [5.41, 5.74) is 14.4. The highest BCUT2D eigenvalue weighted by atomic mass is 16.5. The number of phenolic OH excluding ortho intramolecular Hbond substituents is 2. The number of hydrogen-bond donors (Lipinski definition) is 5. The second-order valence-electron chi connectivity index (χ2n) is 17.6. The average Bonchev–Trinajstić information content (AvgIpc) is 3.81. The summed E-state index contributed by atoms with van der Waals surface area (Å²) in [6.07, 6.45) is 9.75. The SMILES string of the molecule is CNC[C@H](CNC1CCCCC1)Oc1cc2c(cc1O)CC#Cc1nc(N)ccc1C[C@@H]1CC[C@]3(Cc4cc(O)cc(OC)c4-c4ccc5c(c43)O[C@H]2[C@@H]5COC(C)=O)C1. The molecule has 5 aliphatic rings. The number of anilines is 1. The number of nitrogen functional groups attached to an aromatic ring is 1. The monoisotopic (exact) mass is 812 g/mol. The number of rotatable bonds is 10. The van der Waals surface area contributed by atoms with Crippen LogP contribution < -0.4 is 30.6 Å². The molecule has 9 rings (SSSR count). The lowest BCUT2D eigenvalue weighted by Crippen LogP contribution is -2.43. The quantitative estimate of drug-likeness (QED) is 0.0818. The molecule has 3 heterocycles. The number of likely N-dealkylation sites (N-methyl/N-ethyl adjacent to an activating group) is 1. The van der Waals surface area contributed by atoms with Gasteiger partial charge in [-0.15, -0.1) is 0 Å². The Morgan fingerprint density at radius 1 is 1.02 bits per heavy atom. The number of carbonyl (C=O) groups is 1. The number of aromatic hydroxyl groups is 2. The Balaban J connectivity index is 1.21. The molecule has 60 heavy (non-hydrogen) atoms. The summed E-state index contributed by atoms with van der Waals surface area (Å²) in [6.45, 7) is 2.73. The Bertz CT molecular complexity index is 2360. The zero-order valence-corrected chi connectivity index (χ0v) is 34.9. The number of ether oxygens (including phenoxy) is 4. The summed E-state index contributed by atoms with van der Waals surface area (Å²) in [5, 5.41) is 29.6. The van der Waals surface area contributed by atoms with E-state index in [4.69, 9.17) is 29.7 Å². The van der Waals surface area contributed by atoms with Gasteiger partial charge in [0.2, 0.25) is 0 Å². The van der Waals surface area contributed by atoms with Crippen molar-refractivity contribution in [2.75, 3.05) is 39.6 Å². The molecule has 11 nitrogen and oxygen atoms in total. The van der Waals surface area contributed by atoms with Crippen LogP contribution in [0.3, 0.4) is 0 Å². The van der Waals surface area contributed by atoms with Crippen LogP contribution >= 0.6 is 0 Å². The number of esters is 1. The largest absolute Gasteiger partial charge is 0.508 e. The van der Waals surface area contributed by atoms with Crippen LogP contribution in [0, 0.1) is 17.8 Å². The Hall–Kier alpha value is -5.44. The number of phenols is 2. The summed E-state index contributed by atoms with van der Waals surface area (Å²) >= 11 is 0. The minimum Gasteiger partial charge on any atom is -0.508 e. The predicted octanol–water partition coefficient (Wildman–Crippen LogP) is 7.16. The van der Waals surface area contributed by atoms with Gasteiger partial charge in [0.05, 0.1) is 13.0 Å². The third-order valence-corrected chi connectivity index (χ3v) is 13.6. The number of benzene rings is 3. The fraction of sp³-hybridized carbons (Fsp3) is 0.469. The fourth-order valence-electron chi connectivity index (χ4n) is 10.9. The number of methoxy groups -OCH3 is 1. The van der Waals surface area contributed by atoms with E-state index in [1.54, 1.807) is 19.2 Å². The molecule has 3 aliphatic carbocycles. The average molecular weight is 813 g/mol. The van der Waals surface area contributed by atoms with Crippen LogP contribution in [-0.2, 0) is 34.2 Å². The van der Waals surface area contributed by atoms with Crippen LogP contribution in [0.25, 0.3) is 11.1 Å². The summed E-state index contributed by atoms with van der Waals surface area (Å²) in [5.74, 6) is 8.70. The van der Waals surface area contributed by atoms with E-state index in [9.17, 15) is 15.0 Å². The smallest absolute Gasteiger partial charge is 0.302 e. The van der Waals surface area contributed by atoms with Crippen molar-refractivity contribution in [3.8, 4) is 51.7 Å². The summed E-state index contributed by atoms with van der Waals surface area (Å²) in [6, 6.07) is 15.9. The second-order valence-corrected chi connectivity index (χ2v) is 17.6. The van der Waals surface area contributed by atoms with Crippen molar-refractivity contribution in [1.82, 2.24) is 15.6 Å². The Labute approximate surface area is 352 Å².